The molecule has 0 saturated heterocycles. The Hall–Kier alpha value is -2.14. The predicted octanol–water partition coefficient (Wildman–Crippen LogP) is 4.05. The molecular weight excluding hydrogens is 312 g/mol. The number of para-hydroxylation sites is 1. The molecule has 6 heteroatoms. The maximum absolute atomic E-state index is 13.3. The van der Waals surface area contributed by atoms with Crippen LogP contribution < -0.4 is 9.64 Å². The molecule has 0 aliphatic carbocycles. The highest BCUT2D eigenvalue weighted by atomic mass is 35.5. The summed E-state index contributed by atoms with van der Waals surface area (Å²) in [6.45, 7) is 1.78. The van der Waals surface area contributed by atoms with Gasteiger partial charge in [0.15, 0.2) is 18.2 Å². The van der Waals surface area contributed by atoms with Crippen molar-refractivity contribution in [3.8, 4) is 5.75 Å². The maximum Gasteiger partial charge on any atom is 0.264 e. The van der Waals surface area contributed by atoms with Crippen molar-refractivity contribution in [2.45, 2.75) is 6.92 Å². The lowest BCUT2D eigenvalue weighted by Crippen LogP contribution is -2.34. The van der Waals surface area contributed by atoms with Gasteiger partial charge in [0.25, 0.3) is 5.91 Å². The highest BCUT2D eigenvalue weighted by molar-refractivity contribution is 6.32. The second-order valence-corrected chi connectivity index (χ2v) is 4.86. The number of carbonyl (C=O) groups excluding carboxylic acids is 1. The van der Waals surface area contributed by atoms with Gasteiger partial charge >= 0.3 is 0 Å². The average molecular weight is 326 g/mol. The summed E-state index contributed by atoms with van der Waals surface area (Å²) in [7, 11) is 0. The lowest BCUT2D eigenvalue weighted by atomic mass is 10.2. The SMILES string of the molecule is CCN(C(=O)COc1ccccc1Cl)c1ccc(F)c(F)c1. The molecule has 2 rings (SSSR count). The van der Waals surface area contributed by atoms with E-state index in [1.807, 2.05) is 0 Å². The number of anilines is 1. The molecule has 0 radical (unpaired) electrons. The van der Waals surface area contributed by atoms with E-state index in [-0.39, 0.29) is 18.2 Å². The summed E-state index contributed by atoms with van der Waals surface area (Å²) in [4.78, 5) is 13.5. The van der Waals surface area contributed by atoms with Gasteiger partial charge < -0.3 is 9.64 Å². The zero-order chi connectivity index (χ0) is 16.1. The Bertz CT molecular complexity index is 679. The zero-order valence-electron chi connectivity index (χ0n) is 11.9. The summed E-state index contributed by atoms with van der Waals surface area (Å²) in [5.74, 6) is -1.96. The number of rotatable bonds is 5. The number of hydrogen-bond acceptors (Lipinski definition) is 2. The third-order valence-electron chi connectivity index (χ3n) is 3.02. The number of amides is 1. The zero-order valence-corrected chi connectivity index (χ0v) is 12.6. The van der Waals surface area contributed by atoms with Gasteiger partial charge in [-0.05, 0) is 31.2 Å². The van der Waals surface area contributed by atoms with Gasteiger partial charge in [-0.1, -0.05) is 23.7 Å². The Balaban J connectivity index is 2.09. The van der Waals surface area contributed by atoms with Gasteiger partial charge in [-0.25, -0.2) is 8.78 Å². The van der Waals surface area contributed by atoms with E-state index < -0.39 is 11.6 Å². The average Bonchev–Trinajstić information content (AvgIpc) is 2.50. The van der Waals surface area contributed by atoms with Crippen molar-refractivity contribution in [1.82, 2.24) is 0 Å². The van der Waals surface area contributed by atoms with Crippen LogP contribution in [0.5, 0.6) is 5.75 Å². The fourth-order valence-electron chi connectivity index (χ4n) is 1.94. The minimum Gasteiger partial charge on any atom is -0.482 e. The van der Waals surface area contributed by atoms with Crippen LogP contribution in [0.3, 0.4) is 0 Å². The van der Waals surface area contributed by atoms with Crippen molar-refractivity contribution in [1.29, 1.82) is 0 Å². The first-order valence-electron chi connectivity index (χ1n) is 6.65. The second kappa shape index (κ2) is 7.22. The lowest BCUT2D eigenvalue weighted by molar-refractivity contribution is -0.120. The molecule has 0 unspecified atom stereocenters. The van der Waals surface area contributed by atoms with E-state index in [1.54, 1.807) is 31.2 Å². The molecule has 0 fully saturated rings. The molecular formula is C16H14ClF2NO2. The van der Waals surface area contributed by atoms with E-state index in [0.29, 0.717) is 17.3 Å². The third kappa shape index (κ3) is 3.74. The van der Waals surface area contributed by atoms with E-state index in [4.69, 9.17) is 16.3 Å². The fourth-order valence-corrected chi connectivity index (χ4v) is 2.13. The minimum absolute atomic E-state index is 0.253. The smallest absolute Gasteiger partial charge is 0.264 e. The Labute approximate surface area is 132 Å². The van der Waals surface area contributed by atoms with Crippen LogP contribution in [0.15, 0.2) is 42.5 Å². The topological polar surface area (TPSA) is 29.5 Å². The van der Waals surface area contributed by atoms with Gasteiger partial charge in [-0.2, -0.15) is 0 Å². The summed E-state index contributed by atoms with van der Waals surface area (Å²) in [5, 5.41) is 0.395. The van der Waals surface area contributed by atoms with E-state index in [2.05, 4.69) is 0 Å². The molecule has 1 amide bonds. The second-order valence-electron chi connectivity index (χ2n) is 4.46. The van der Waals surface area contributed by atoms with Crippen LogP contribution in [-0.2, 0) is 4.79 Å². The quantitative estimate of drug-likeness (QED) is 0.830. The standard InChI is InChI=1S/C16H14ClF2NO2/c1-2-20(11-7-8-13(18)14(19)9-11)16(21)10-22-15-6-4-3-5-12(15)17/h3-9H,2,10H2,1H3. The number of halogens is 3. The first kappa shape index (κ1) is 16.2. The van der Waals surface area contributed by atoms with Crippen LogP contribution in [0.2, 0.25) is 5.02 Å². The minimum atomic E-state index is -1.00. The molecule has 116 valence electrons. The largest absolute Gasteiger partial charge is 0.482 e. The molecule has 0 aliphatic rings. The van der Waals surface area contributed by atoms with Crippen LogP contribution in [0.4, 0.5) is 14.5 Å². The van der Waals surface area contributed by atoms with Crippen LogP contribution in [-0.4, -0.2) is 19.1 Å². The molecule has 0 N–H and O–H groups in total. The number of ether oxygens (including phenoxy) is 1. The first-order valence-corrected chi connectivity index (χ1v) is 7.03. The van der Waals surface area contributed by atoms with Crippen LogP contribution in [0, 0.1) is 11.6 Å². The molecule has 22 heavy (non-hydrogen) atoms. The van der Waals surface area contributed by atoms with Crippen LogP contribution in [0.25, 0.3) is 0 Å². The molecule has 2 aromatic carbocycles. The van der Waals surface area contributed by atoms with Crippen molar-refractivity contribution in [2.75, 3.05) is 18.1 Å². The van der Waals surface area contributed by atoms with Crippen molar-refractivity contribution >= 4 is 23.2 Å². The normalized spacial score (nSPS) is 10.4. The van der Waals surface area contributed by atoms with E-state index in [9.17, 15) is 13.6 Å². The molecule has 0 heterocycles. The van der Waals surface area contributed by atoms with Crippen molar-refractivity contribution in [3.05, 3.63) is 59.1 Å². The van der Waals surface area contributed by atoms with Gasteiger partial charge in [-0.15, -0.1) is 0 Å². The number of nitrogens with zero attached hydrogens (tertiary/aromatic N) is 1. The summed E-state index contributed by atoms with van der Waals surface area (Å²) in [6.07, 6.45) is 0. The van der Waals surface area contributed by atoms with E-state index in [0.717, 1.165) is 12.1 Å². The van der Waals surface area contributed by atoms with Crippen LogP contribution in [0.1, 0.15) is 6.92 Å². The predicted molar refractivity (Wildman–Crippen MR) is 81.3 cm³/mol. The Kier molecular flexibility index (Phi) is 5.33. The van der Waals surface area contributed by atoms with E-state index in [1.165, 1.54) is 11.0 Å². The number of benzene rings is 2. The molecule has 0 saturated carbocycles. The molecule has 0 bridgehead atoms. The third-order valence-corrected chi connectivity index (χ3v) is 3.33. The monoisotopic (exact) mass is 325 g/mol. The van der Waals surface area contributed by atoms with Crippen molar-refractivity contribution in [3.63, 3.8) is 0 Å². The molecule has 0 atom stereocenters. The lowest BCUT2D eigenvalue weighted by Gasteiger charge is -2.21. The summed E-state index contributed by atoms with van der Waals surface area (Å²) >= 11 is 5.94. The molecule has 0 aliphatic heterocycles. The molecule has 0 spiro atoms. The number of hydrogen-bond donors (Lipinski definition) is 0. The molecule has 3 nitrogen and oxygen atoms in total. The van der Waals surface area contributed by atoms with E-state index >= 15 is 0 Å². The Morgan fingerprint density at radius 2 is 1.91 bits per heavy atom. The molecule has 2 aromatic rings. The summed E-state index contributed by atoms with van der Waals surface area (Å²) in [6, 6.07) is 10.1. The Morgan fingerprint density at radius 1 is 1.18 bits per heavy atom. The fraction of sp³-hybridized carbons (Fsp3) is 0.188. The maximum atomic E-state index is 13.3. The highest BCUT2D eigenvalue weighted by Crippen LogP contribution is 2.23. The van der Waals surface area contributed by atoms with Gasteiger partial charge in [0.2, 0.25) is 0 Å². The van der Waals surface area contributed by atoms with Gasteiger partial charge in [-0.3, -0.25) is 4.79 Å². The van der Waals surface area contributed by atoms with Crippen molar-refractivity contribution < 1.29 is 18.3 Å². The molecule has 0 aromatic heterocycles. The number of likely N-dealkylation sites (N-methyl/N-ethyl adjacent to an activating group) is 1. The van der Waals surface area contributed by atoms with Gasteiger partial charge in [0.05, 0.1) is 5.02 Å². The highest BCUT2D eigenvalue weighted by Gasteiger charge is 2.16. The van der Waals surface area contributed by atoms with Gasteiger partial charge in [0.1, 0.15) is 5.75 Å². The summed E-state index contributed by atoms with van der Waals surface area (Å²) < 4.78 is 31.6. The van der Waals surface area contributed by atoms with Gasteiger partial charge in [0, 0.05) is 18.3 Å². The van der Waals surface area contributed by atoms with Crippen molar-refractivity contribution in [2.24, 2.45) is 0 Å². The summed E-state index contributed by atoms with van der Waals surface area (Å²) in [5.41, 5.74) is 0.272. The Morgan fingerprint density at radius 3 is 2.55 bits per heavy atom. The van der Waals surface area contributed by atoms with Crippen LogP contribution >= 0.6 is 11.6 Å². The first-order chi connectivity index (χ1) is 10.5. The number of carbonyl (C=O) groups is 1.